The number of carbonyl (C=O) groups excluding carboxylic acids is 1. The van der Waals surface area contributed by atoms with Crippen LogP contribution < -0.4 is 15.2 Å². The smallest absolute Gasteiger partial charge is 0.236 e. The molecule has 0 saturated carbocycles. The molecule has 2 rings (SSSR count). The number of amides is 1. The van der Waals surface area contributed by atoms with Gasteiger partial charge >= 0.3 is 0 Å². The summed E-state index contributed by atoms with van der Waals surface area (Å²) in [6.07, 6.45) is 0.763. The molecule has 1 aromatic carbocycles. The third-order valence-electron chi connectivity index (χ3n) is 3.20. The molecule has 1 aliphatic rings. The van der Waals surface area contributed by atoms with Gasteiger partial charge < -0.3 is 20.1 Å². The molecule has 0 bridgehead atoms. The lowest BCUT2D eigenvalue weighted by Crippen LogP contribution is -2.40. The Balaban J connectivity index is 2.03. The SMILES string of the molecule is CC(Cc1ccc2c(c1)OCO2)N(C)C(=O)CN. The summed E-state index contributed by atoms with van der Waals surface area (Å²) < 4.78 is 10.6. The van der Waals surface area contributed by atoms with Crippen LogP contribution in [0.25, 0.3) is 0 Å². The van der Waals surface area contributed by atoms with Gasteiger partial charge in [-0.3, -0.25) is 4.79 Å². The first-order chi connectivity index (χ1) is 8.61. The average Bonchev–Trinajstić information content (AvgIpc) is 2.84. The number of likely N-dealkylation sites (N-methyl/N-ethyl adjacent to an activating group) is 1. The van der Waals surface area contributed by atoms with E-state index in [1.807, 2.05) is 25.1 Å². The second kappa shape index (κ2) is 5.27. The minimum atomic E-state index is -0.0526. The lowest BCUT2D eigenvalue weighted by Gasteiger charge is -2.24. The molecule has 1 heterocycles. The first-order valence-corrected chi connectivity index (χ1v) is 5.96. The van der Waals surface area contributed by atoms with Crippen molar-refractivity contribution in [3.8, 4) is 11.5 Å². The maximum atomic E-state index is 11.5. The number of nitrogens with two attached hydrogens (primary N) is 1. The molecule has 1 aliphatic heterocycles. The van der Waals surface area contributed by atoms with Crippen LogP contribution in [0.1, 0.15) is 12.5 Å². The van der Waals surface area contributed by atoms with Crippen LogP contribution in [0.4, 0.5) is 0 Å². The van der Waals surface area contributed by atoms with Crippen LogP contribution in [0.2, 0.25) is 0 Å². The number of carbonyl (C=O) groups is 1. The normalized spacial score (nSPS) is 14.4. The van der Waals surface area contributed by atoms with Crippen LogP contribution in [0.15, 0.2) is 18.2 Å². The monoisotopic (exact) mass is 250 g/mol. The summed E-state index contributed by atoms with van der Waals surface area (Å²) in [7, 11) is 1.77. The van der Waals surface area contributed by atoms with Gasteiger partial charge in [0.2, 0.25) is 12.7 Å². The first-order valence-electron chi connectivity index (χ1n) is 5.96. The predicted molar refractivity (Wildman–Crippen MR) is 67.6 cm³/mol. The summed E-state index contributed by atoms with van der Waals surface area (Å²) in [5.41, 5.74) is 6.46. The van der Waals surface area contributed by atoms with Crippen LogP contribution in [0.5, 0.6) is 11.5 Å². The highest BCUT2D eigenvalue weighted by molar-refractivity contribution is 5.78. The Labute approximate surface area is 106 Å². The van der Waals surface area contributed by atoms with Crippen molar-refractivity contribution in [3.05, 3.63) is 23.8 Å². The van der Waals surface area contributed by atoms with E-state index in [4.69, 9.17) is 15.2 Å². The average molecular weight is 250 g/mol. The lowest BCUT2D eigenvalue weighted by molar-refractivity contribution is -0.130. The summed E-state index contributed by atoms with van der Waals surface area (Å²) in [6.45, 7) is 2.32. The van der Waals surface area contributed by atoms with E-state index in [2.05, 4.69) is 0 Å². The van der Waals surface area contributed by atoms with E-state index in [0.29, 0.717) is 0 Å². The van der Waals surface area contributed by atoms with Gasteiger partial charge in [0, 0.05) is 13.1 Å². The van der Waals surface area contributed by atoms with Crippen LogP contribution >= 0.6 is 0 Å². The molecular weight excluding hydrogens is 232 g/mol. The predicted octanol–water partition coefficient (Wildman–Crippen LogP) is 0.763. The van der Waals surface area contributed by atoms with Crippen molar-refractivity contribution in [3.63, 3.8) is 0 Å². The number of nitrogens with zero attached hydrogens (tertiary/aromatic N) is 1. The number of hydrogen-bond acceptors (Lipinski definition) is 4. The van der Waals surface area contributed by atoms with Crippen molar-refractivity contribution in [2.75, 3.05) is 20.4 Å². The van der Waals surface area contributed by atoms with E-state index in [0.717, 1.165) is 23.5 Å². The van der Waals surface area contributed by atoms with E-state index in [1.165, 1.54) is 0 Å². The maximum Gasteiger partial charge on any atom is 0.236 e. The number of hydrogen-bond donors (Lipinski definition) is 1. The van der Waals surface area contributed by atoms with Crippen molar-refractivity contribution in [2.45, 2.75) is 19.4 Å². The van der Waals surface area contributed by atoms with Gasteiger partial charge in [-0.15, -0.1) is 0 Å². The van der Waals surface area contributed by atoms with Gasteiger partial charge in [-0.2, -0.15) is 0 Å². The molecule has 0 aromatic heterocycles. The van der Waals surface area contributed by atoms with E-state index in [9.17, 15) is 4.79 Å². The van der Waals surface area contributed by atoms with Gasteiger partial charge in [0.05, 0.1) is 6.54 Å². The fraction of sp³-hybridized carbons (Fsp3) is 0.462. The molecule has 0 aliphatic carbocycles. The van der Waals surface area contributed by atoms with Crippen molar-refractivity contribution in [2.24, 2.45) is 5.73 Å². The van der Waals surface area contributed by atoms with Crippen LogP contribution in [0, 0.1) is 0 Å². The fourth-order valence-electron chi connectivity index (χ4n) is 1.94. The van der Waals surface area contributed by atoms with Gasteiger partial charge in [-0.05, 0) is 31.0 Å². The zero-order valence-corrected chi connectivity index (χ0v) is 10.7. The standard InChI is InChI=1S/C13H18N2O3/c1-9(15(2)13(16)7-14)5-10-3-4-11-12(6-10)18-8-17-11/h3-4,6,9H,5,7-8,14H2,1-2H3. The topological polar surface area (TPSA) is 64.8 Å². The minimum absolute atomic E-state index is 0.0436. The van der Waals surface area contributed by atoms with Gasteiger partial charge in [-0.1, -0.05) is 6.07 Å². The molecular formula is C13H18N2O3. The van der Waals surface area contributed by atoms with Crippen LogP contribution in [0.3, 0.4) is 0 Å². The number of fused-ring (bicyclic) bond motifs is 1. The lowest BCUT2D eigenvalue weighted by atomic mass is 10.1. The highest BCUT2D eigenvalue weighted by atomic mass is 16.7. The third kappa shape index (κ3) is 2.56. The molecule has 1 aromatic rings. The van der Waals surface area contributed by atoms with E-state index < -0.39 is 0 Å². The largest absolute Gasteiger partial charge is 0.454 e. The molecule has 98 valence electrons. The van der Waals surface area contributed by atoms with Crippen molar-refractivity contribution in [1.82, 2.24) is 4.90 Å². The van der Waals surface area contributed by atoms with E-state index in [-0.39, 0.29) is 25.3 Å². The van der Waals surface area contributed by atoms with Crippen molar-refractivity contribution in [1.29, 1.82) is 0 Å². The summed E-state index contributed by atoms with van der Waals surface area (Å²) >= 11 is 0. The third-order valence-corrected chi connectivity index (χ3v) is 3.20. The quantitative estimate of drug-likeness (QED) is 0.857. The molecule has 0 saturated heterocycles. The van der Waals surface area contributed by atoms with Gasteiger partial charge in [-0.25, -0.2) is 0 Å². The number of ether oxygens (including phenoxy) is 2. The first kappa shape index (κ1) is 12.7. The van der Waals surface area contributed by atoms with Crippen molar-refractivity contribution < 1.29 is 14.3 Å². The molecule has 0 fully saturated rings. The van der Waals surface area contributed by atoms with E-state index >= 15 is 0 Å². The Morgan fingerprint density at radius 1 is 1.44 bits per heavy atom. The minimum Gasteiger partial charge on any atom is -0.454 e. The summed E-state index contributed by atoms with van der Waals surface area (Å²) in [5.74, 6) is 1.49. The Kier molecular flexibility index (Phi) is 3.72. The number of rotatable bonds is 4. The molecule has 5 heteroatoms. The summed E-state index contributed by atoms with van der Waals surface area (Å²) in [4.78, 5) is 13.2. The Morgan fingerprint density at radius 3 is 2.89 bits per heavy atom. The molecule has 18 heavy (non-hydrogen) atoms. The molecule has 0 radical (unpaired) electrons. The summed E-state index contributed by atoms with van der Waals surface area (Å²) in [5, 5.41) is 0. The van der Waals surface area contributed by atoms with Gasteiger partial charge in [0.1, 0.15) is 0 Å². The molecule has 1 unspecified atom stereocenters. The Morgan fingerprint density at radius 2 is 2.17 bits per heavy atom. The second-order valence-electron chi connectivity index (χ2n) is 4.45. The highest BCUT2D eigenvalue weighted by Crippen LogP contribution is 2.32. The Hall–Kier alpha value is -1.75. The van der Waals surface area contributed by atoms with Gasteiger partial charge in [0.15, 0.2) is 11.5 Å². The molecule has 5 nitrogen and oxygen atoms in total. The van der Waals surface area contributed by atoms with E-state index in [1.54, 1.807) is 11.9 Å². The molecule has 0 spiro atoms. The van der Waals surface area contributed by atoms with Gasteiger partial charge in [0.25, 0.3) is 0 Å². The molecule has 1 amide bonds. The van der Waals surface area contributed by atoms with Crippen LogP contribution in [-0.4, -0.2) is 37.2 Å². The zero-order valence-electron chi connectivity index (χ0n) is 10.7. The maximum absolute atomic E-state index is 11.5. The van der Waals surface area contributed by atoms with Crippen LogP contribution in [-0.2, 0) is 11.2 Å². The fourth-order valence-corrected chi connectivity index (χ4v) is 1.94. The highest BCUT2D eigenvalue weighted by Gasteiger charge is 2.17. The summed E-state index contributed by atoms with van der Waals surface area (Å²) in [6, 6.07) is 5.95. The number of benzene rings is 1. The molecule has 1 atom stereocenters. The zero-order chi connectivity index (χ0) is 13.1. The Bertz CT molecular complexity index is 448. The van der Waals surface area contributed by atoms with Crippen molar-refractivity contribution >= 4 is 5.91 Å². The molecule has 2 N–H and O–H groups in total. The second-order valence-corrected chi connectivity index (χ2v) is 4.45.